The first-order chi connectivity index (χ1) is 8.27. The number of nitrogens with one attached hydrogen (secondary N) is 1. The lowest BCUT2D eigenvalue weighted by Gasteiger charge is -2.32. The number of pyridine rings is 1. The number of rotatable bonds is 2. The fraction of sp³-hybridized carbons (Fsp3) is 0.538. The molecule has 0 aliphatic carbocycles. The zero-order chi connectivity index (χ0) is 13.6. The Hall–Kier alpha value is -1.20. The number of aromatic nitrogens is 1. The Labute approximate surface area is 108 Å². The van der Waals surface area contributed by atoms with Crippen LogP contribution in [-0.2, 0) is 9.31 Å². The van der Waals surface area contributed by atoms with Gasteiger partial charge in [-0.15, -0.1) is 0 Å². The molecule has 0 aromatic carbocycles. The third kappa shape index (κ3) is 2.08. The Morgan fingerprint density at radius 1 is 1.22 bits per heavy atom. The molecule has 0 bridgehead atoms. The van der Waals surface area contributed by atoms with E-state index in [1.54, 1.807) is 6.20 Å². The standard InChI is InChI=1S/C13H19BN2O2/c1-9-10(7-15)6-11(8-16-9)14-17-12(2,3)13(4,5)18-14/h6-8,15H,1-5H3. The first-order valence-corrected chi connectivity index (χ1v) is 6.09. The zero-order valence-electron chi connectivity index (χ0n) is 11.6. The average molecular weight is 246 g/mol. The quantitative estimate of drug-likeness (QED) is 0.638. The van der Waals surface area contributed by atoms with Crippen LogP contribution < -0.4 is 5.46 Å². The van der Waals surface area contributed by atoms with E-state index in [1.807, 2.05) is 40.7 Å². The molecule has 1 fully saturated rings. The second kappa shape index (κ2) is 4.18. The molecule has 1 N–H and O–H groups in total. The third-order valence-corrected chi connectivity index (χ3v) is 3.83. The molecule has 5 heteroatoms. The SMILES string of the molecule is Cc1ncc(B2OC(C)(C)C(C)(C)O2)cc1C=N. The Bertz CT molecular complexity index is 470. The van der Waals surface area contributed by atoms with E-state index in [1.165, 1.54) is 6.21 Å². The van der Waals surface area contributed by atoms with Crippen molar-refractivity contribution in [2.24, 2.45) is 0 Å². The lowest BCUT2D eigenvalue weighted by Crippen LogP contribution is -2.41. The van der Waals surface area contributed by atoms with Crippen molar-refractivity contribution in [1.82, 2.24) is 4.98 Å². The van der Waals surface area contributed by atoms with Gasteiger partial charge in [-0.25, -0.2) is 0 Å². The van der Waals surface area contributed by atoms with Gasteiger partial charge in [0, 0.05) is 29.1 Å². The number of hydrogen-bond donors (Lipinski definition) is 1. The molecule has 0 radical (unpaired) electrons. The predicted octanol–water partition coefficient (Wildman–Crippen LogP) is 1.69. The van der Waals surface area contributed by atoms with Crippen LogP contribution in [0.4, 0.5) is 0 Å². The molecule has 0 spiro atoms. The lowest BCUT2D eigenvalue weighted by atomic mass is 9.79. The number of nitrogens with zero attached hydrogens (tertiary/aromatic N) is 1. The highest BCUT2D eigenvalue weighted by Gasteiger charge is 2.51. The average Bonchev–Trinajstić information content (AvgIpc) is 2.49. The number of hydrogen-bond acceptors (Lipinski definition) is 4. The first kappa shape index (κ1) is 13.2. The van der Waals surface area contributed by atoms with Crippen molar-refractivity contribution in [2.45, 2.75) is 45.8 Å². The van der Waals surface area contributed by atoms with Crippen LogP contribution in [0.15, 0.2) is 12.3 Å². The number of aryl methyl sites for hydroxylation is 1. The monoisotopic (exact) mass is 246 g/mol. The summed E-state index contributed by atoms with van der Waals surface area (Å²) in [7, 11) is -0.415. The molecule has 18 heavy (non-hydrogen) atoms. The molecule has 1 aromatic rings. The maximum absolute atomic E-state index is 7.36. The van der Waals surface area contributed by atoms with Crippen LogP contribution in [-0.4, -0.2) is 29.5 Å². The molecule has 0 saturated carbocycles. The summed E-state index contributed by atoms with van der Waals surface area (Å²) in [5, 5.41) is 7.36. The van der Waals surface area contributed by atoms with Crippen LogP contribution in [0.5, 0.6) is 0 Å². The second-order valence-electron chi connectivity index (χ2n) is 5.68. The zero-order valence-corrected chi connectivity index (χ0v) is 11.6. The van der Waals surface area contributed by atoms with Crippen molar-refractivity contribution < 1.29 is 9.31 Å². The molecule has 2 heterocycles. The Morgan fingerprint density at radius 2 is 1.78 bits per heavy atom. The molecule has 0 unspecified atom stereocenters. The Kier molecular flexibility index (Phi) is 3.07. The van der Waals surface area contributed by atoms with Gasteiger partial charge in [-0.1, -0.05) is 6.07 Å². The van der Waals surface area contributed by atoms with E-state index in [4.69, 9.17) is 14.7 Å². The maximum atomic E-state index is 7.36. The smallest absolute Gasteiger partial charge is 0.399 e. The summed E-state index contributed by atoms with van der Waals surface area (Å²) >= 11 is 0. The van der Waals surface area contributed by atoms with Gasteiger partial charge in [0.2, 0.25) is 0 Å². The molecule has 0 atom stereocenters. The molecule has 1 aliphatic rings. The summed E-state index contributed by atoms with van der Waals surface area (Å²) in [6, 6.07) is 1.90. The highest BCUT2D eigenvalue weighted by atomic mass is 16.7. The molecule has 1 saturated heterocycles. The molecule has 96 valence electrons. The molecule has 2 rings (SSSR count). The van der Waals surface area contributed by atoms with Gasteiger partial charge in [-0.3, -0.25) is 4.98 Å². The van der Waals surface area contributed by atoms with Crippen LogP contribution in [0.25, 0.3) is 0 Å². The molecular formula is C13H19BN2O2. The van der Waals surface area contributed by atoms with Crippen LogP contribution in [0.2, 0.25) is 0 Å². The summed E-state index contributed by atoms with van der Waals surface area (Å²) in [6.45, 7) is 9.96. The normalized spacial score (nSPS) is 21.1. The van der Waals surface area contributed by atoms with Crippen LogP contribution in [0, 0.1) is 12.3 Å². The Morgan fingerprint density at radius 3 is 2.28 bits per heavy atom. The Balaban J connectivity index is 2.32. The highest BCUT2D eigenvalue weighted by Crippen LogP contribution is 2.36. The molecular weight excluding hydrogens is 227 g/mol. The first-order valence-electron chi connectivity index (χ1n) is 6.09. The van der Waals surface area contributed by atoms with Crippen molar-refractivity contribution in [1.29, 1.82) is 5.41 Å². The van der Waals surface area contributed by atoms with Gasteiger partial charge in [0.25, 0.3) is 0 Å². The van der Waals surface area contributed by atoms with Crippen molar-refractivity contribution >= 4 is 18.8 Å². The third-order valence-electron chi connectivity index (χ3n) is 3.83. The van der Waals surface area contributed by atoms with Gasteiger partial charge < -0.3 is 14.7 Å². The summed E-state index contributed by atoms with van der Waals surface area (Å²) < 4.78 is 11.9. The highest BCUT2D eigenvalue weighted by molar-refractivity contribution is 6.62. The van der Waals surface area contributed by atoms with Crippen LogP contribution in [0.3, 0.4) is 0 Å². The van der Waals surface area contributed by atoms with Gasteiger partial charge in [-0.2, -0.15) is 0 Å². The van der Waals surface area contributed by atoms with Crippen molar-refractivity contribution in [3.8, 4) is 0 Å². The lowest BCUT2D eigenvalue weighted by molar-refractivity contribution is 0.00578. The van der Waals surface area contributed by atoms with Gasteiger partial charge >= 0.3 is 7.12 Å². The van der Waals surface area contributed by atoms with Crippen molar-refractivity contribution in [2.75, 3.05) is 0 Å². The minimum Gasteiger partial charge on any atom is -0.399 e. The van der Waals surface area contributed by atoms with Crippen LogP contribution >= 0.6 is 0 Å². The van der Waals surface area contributed by atoms with E-state index in [0.29, 0.717) is 0 Å². The molecule has 1 aromatic heterocycles. The molecule has 0 amide bonds. The minimum atomic E-state index is -0.415. The molecule has 1 aliphatic heterocycles. The van der Waals surface area contributed by atoms with E-state index in [2.05, 4.69) is 4.98 Å². The van der Waals surface area contributed by atoms with Crippen molar-refractivity contribution in [3.05, 3.63) is 23.5 Å². The van der Waals surface area contributed by atoms with Gasteiger partial charge in [-0.05, 0) is 34.6 Å². The van der Waals surface area contributed by atoms with Gasteiger partial charge in [0.15, 0.2) is 0 Å². The summed E-state index contributed by atoms with van der Waals surface area (Å²) in [5.74, 6) is 0. The van der Waals surface area contributed by atoms with Gasteiger partial charge in [0.1, 0.15) is 0 Å². The summed E-state index contributed by atoms with van der Waals surface area (Å²) in [5.41, 5.74) is 1.78. The summed E-state index contributed by atoms with van der Waals surface area (Å²) in [4.78, 5) is 4.28. The van der Waals surface area contributed by atoms with E-state index in [9.17, 15) is 0 Å². The largest absolute Gasteiger partial charge is 0.496 e. The fourth-order valence-corrected chi connectivity index (χ4v) is 1.82. The van der Waals surface area contributed by atoms with Crippen LogP contribution in [0.1, 0.15) is 39.0 Å². The second-order valence-corrected chi connectivity index (χ2v) is 5.68. The summed E-state index contributed by atoms with van der Waals surface area (Å²) in [6.07, 6.45) is 3.06. The van der Waals surface area contributed by atoms with E-state index in [0.717, 1.165) is 16.7 Å². The van der Waals surface area contributed by atoms with E-state index < -0.39 is 7.12 Å². The van der Waals surface area contributed by atoms with Gasteiger partial charge in [0.05, 0.1) is 11.2 Å². The fourth-order valence-electron chi connectivity index (χ4n) is 1.82. The maximum Gasteiger partial charge on any atom is 0.496 e. The topological polar surface area (TPSA) is 55.2 Å². The molecule has 4 nitrogen and oxygen atoms in total. The van der Waals surface area contributed by atoms with E-state index >= 15 is 0 Å². The predicted molar refractivity (Wildman–Crippen MR) is 72.6 cm³/mol. The minimum absolute atomic E-state index is 0.354. The van der Waals surface area contributed by atoms with Crippen molar-refractivity contribution in [3.63, 3.8) is 0 Å². The van der Waals surface area contributed by atoms with E-state index in [-0.39, 0.29) is 11.2 Å².